The number of hydrogen-bond acceptors (Lipinski definition) is 2. The Labute approximate surface area is 145 Å². The van der Waals surface area contributed by atoms with Gasteiger partial charge in [0.05, 0.1) is 11.4 Å². The van der Waals surface area contributed by atoms with Crippen LogP contribution in [-0.2, 0) is 11.8 Å². The Morgan fingerprint density at radius 3 is 2.24 bits per heavy atom. The highest BCUT2D eigenvalue weighted by atomic mass is 16.2. The molecule has 2 aromatic carbocycles. The lowest BCUT2D eigenvalue weighted by molar-refractivity contribution is -0.111. The van der Waals surface area contributed by atoms with Gasteiger partial charge in [0.25, 0.3) is 5.56 Å². The topological polar surface area (TPSA) is 56.0 Å². The molecule has 0 aliphatic carbocycles. The van der Waals surface area contributed by atoms with Gasteiger partial charge in [-0.1, -0.05) is 48.5 Å². The van der Waals surface area contributed by atoms with Crippen molar-refractivity contribution in [3.63, 3.8) is 0 Å². The number of anilines is 1. The summed E-state index contributed by atoms with van der Waals surface area (Å²) in [6.45, 7) is 1.80. The third-order valence-electron chi connectivity index (χ3n) is 4.03. The molecule has 3 rings (SSSR count). The van der Waals surface area contributed by atoms with Crippen molar-refractivity contribution < 1.29 is 4.79 Å². The van der Waals surface area contributed by atoms with Crippen molar-refractivity contribution >= 4 is 17.7 Å². The predicted molar refractivity (Wildman–Crippen MR) is 99.9 cm³/mol. The number of nitrogens with one attached hydrogen (secondary N) is 1. The Morgan fingerprint density at radius 1 is 1.00 bits per heavy atom. The fraction of sp³-hybridized carbons (Fsp3) is 0.100. The minimum Gasteiger partial charge on any atom is -0.316 e. The van der Waals surface area contributed by atoms with Gasteiger partial charge in [0.2, 0.25) is 5.91 Å². The van der Waals surface area contributed by atoms with Gasteiger partial charge in [-0.2, -0.15) is 0 Å². The fourth-order valence-corrected chi connectivity index (χ4v) is 2.61. The van der Waals surface area contributed by atoms with Gasteiger partial charge in [-0.3, -0.25) is 14.3 Å². The number of para-hydroxylation sites is 1. The van der Waals surface area contributed by atoms with E-state index in [-0.39, 0.29) is 17.2 Å². The summed E-state index contributed by atoms with van der Waals surface area (Å²) in [4.78, 5) is 24.9. The van der Waals surface area contributed by atoms with Gasteiger partial charge in [-0.15, -0.1) is 0 Å². The summed E-state index contributed by atoms with van der Waals surface area (Å²) < 4.78 is 3.26. The van der Waals surface area contributed by atoms with Crippen molar-refractivity contribution in [2.75, 3.05) is 5.32 Å². The summed E-state index contributed by atoms with van der Waals surface area (Å²) in [6.07, 6.45) is 3.14. The predicted octanol–water partition coefficient (Wildman–Crippen LogP) is 3.14. The summed E-state index contributed by atoms with van der Waals surface area (Å²) in [5.74, 6) is -0.338. The van der Waals surface area contributed by atoms with Gasteiger partial charge in [-0.05, 0) is 30.7 Å². The molecule has 0 fully saturated rings. The van der Waals surface area contributed by atoms with Gasteiger partial charge in [0.1, 0.15) is 5.69 Å². The molecule has 1 heterocycles. The molecule has 0 aliphatic rings. The van der Waals surface area contributed by atoms with E-state index in [1.807, 2.05) is 60.7 Å². The van der Waals surface area contributed by atoms with Crippen LogP contribution in [0.2, 0.25) is 0 Å². The lowest BCUT2D eigenvalue weighted by Gasteiger charge is -2.07. The maximum absolute atomic E-state index is 12.7. The number of aromatic nitrogens is 2. The van der Waals surface area contributed by atoms with Crippen LogP contribution < -0.4 is 10.9 Å². The number of carbonyl (C=O) groups excluding carboxylic acids is 1. The zero-order chi connectivity index (χ0) is 17.8. The minimum atomic E-state index is -0.338. The summed E-state index contributed by atoms with van der Waals surface area (Å²) in [5, 5.41) is 2.70. The van der Waals surface area contributed by atoms with Crippen LogP contribution in [0.5, 0.6) is 0 Å². The second kappa shape index (κ2) is 7.05. The summed E-state index contributed by atoms with van der Waals surface area (Å²) in [5.41, 5.74) is 2.39. The van der Waals surface area contributed by atoms with Gasteiger partial charge < -0.3 is 5.32 Å². The quantitative estimate of drug-likeness (QED) is 0.746. The van der Waals surface area contributed by atoms with E-state index >= 15 is 0 Å². The first-order chi connectivity index (χ1) is 12.1. The van der Waals surface area contributed by atoms with Gasteiger partial charge in [0, 0.05) is 13.1 Å². The average Bonchev–Trinajstić information content (AvgIpc) is 2.85. The van der Waals surface area contributed by atoms with E-state index in [9.17, 15) is 9.59 Å². The van der Waals surface area contributed by atoms with Crippen LogP contribution in [0.15, 0.2) is 71.5 Å². The van der Waals surface area contributed by atoms with E-state index in [2.05, 4.69) is 5.32 Å². The molecule has 5 heteroatoms. The smallest absolute Gasteiger partial charge is 0.295 e. The lowest BCUT2D eigenvalue weighted by atomic mass is 10.2. The molecule has 1 aromatic heterocycles. The Bertz CT molecular complexity index is 967. The third kappa shape index (κ3) is 3.45. The van der Waals surface area contributed by atoms with Gasteiger partial charge in [0.15, 0.2) is 0 Å². The lowest BCUT2D eigenvalue weighted by Crippen LogP contribution is -2.22. The SMILES string of the molecule is Cc1c(NC(=O)/C=C/c2ccccc2)c(=O)n(-c2ccccc2)n1C. The molecule has 0 saturated heterocycles. The van der Waals surface area contributed by atoms with Gasteiger partial charge >= 0.3 is 0 Å². The van der Waals surface area contributed by atoms with Crippen molar-refractivity contribution in [1.29, 1.82) is 0 Å². The zero-order valence-corrected chi connectivity index (χ0v) is 14.1. The fourth-order valence-electron chi connectivity index (χ4n) is 2.61. The van der Waals surface area contributed by atoms with E-state index in [1.165, 1.54) is 10.8 Å². The maximum Gasteiger partial charge on any atom is 0.295 e. The highest BCUT2D eigenvalue weighted by Crippen LogP contribution is 2.14. The van der Waals surface area contributed by atoms with E-state index in [0.717, 1.165) is 11.3 Å². The van der Waals surface area contributed by atoms with Crippen molar-refractivity contribution in [2.45, 2.75) is 6.92 Å². The third-order valence-corrected chi connectivity index (χ3v) is 4.03. The molecule has 0 unspecified atom stereocenters. The highest BCUT2D eigenvalue weighted by Gasteiger charge is 2.17. The molecule has 126 valence electrons. The van der Waals surface area contributed by atoms with Crippen LogP contribution in [0.1, 0.15) is 11.3 Å². The Kier molecular flexibility index (Phi) is 4.66. The molecule has 1 amide bonds. The number of amides is 1. The highest BCUT2D eigenvalue weighted by molar-refractivity contribution is 6.02. The zero-order valence-electron chi connectivity index (χ0n) is 14.1. The number of rotatable bonds is 4. The van der Waals surface area contributed by atoms with Crippen LogP contribution in [-0.4, -0.2) is 15.3 Å². The van der Waals surface area contributed by atoms with Gasteiger partial charge in [-0.25, -0.2) is 4.68 Å². The summed E-state index contributed by atoms with van der Waals surface area (Å²) in [6, 6.07) is 18.8. The first-order valence-corrected chi connectivity index (χ1v) is 7.96. The Hall–Kier alpha value is -3.34. The largest absolute Gasteiger partial charge is 0.316 e. The number of nitrogens with zero attached hydrogens (tertiary/aromatic N) is 2. The monoisotopic (exact) mass is 333 g/mol. The van der Waals surface area contributed by atoms with Crippen molar-refractivity contribution in [3.05, 3.63) is 88.4 Å². The molecule has 3 aromatic rings. The molecule has 0 saturated carbocycles. The number of carbonyl (C=O) groups is 1. The molecule has 0 bridgehead atoms. The Morgan fingerprint density at radius 2 is 1.60 bits per heavy atom. The minimum absolute atomic E-state index is 0.257. The molecule has 0 aliphatic heterocycles. The van der Waals surface area contributed by atoms with E-state index < -0.39 is 0 Å². The van der Waals surface area contributed by atoms with Crippen LogP contribution in [0.3, 0.4) is 0 Å². The molecule has 0 spiro atoms. The molecule has 0 radical (unpaired) electrons. The molecule has 0 atom stereocenters. The van der Waals surface area contributed by atoms with Crippen molar-refractivity contribution in [2.24, 2.45) is 7.05 Å². The standard InChI is InChI=1S/C20H19N3O2/c1-15-19(21-18(24)14-13-16-9-5-3-6-10-16)20(25)23(22(15)2)17-11-7-4-8-12-17/h3-14H,1-2H3,(H,21,24)/b14-13+. The van der Waals surface area contributed by atoms with Crippen LogP contribution >= 0.6 is 0 Å². The second-order valence-corrected chi connectivity index (χ2v) is 5.67. The maximum atomic E-state index is 12.7. The molecular weight excluding hydrogens is 314 g/mol. The average molecular weight is 333 g/mol. The Balaban J connectivity index is 1.87. The van der Waals surface area contributed by atoms with Crippen LogP contribution in [0, 0.1) is 6.92 Å². The van der Waals surface area contributed by atoms with E-state index in [0.29, 0.717) is 5.69 Å². The van der Waals surface area contributed by atoms with Crippen molar-refractivity contribution in [3.8, 4) is 5.69 Å². The molecule has 25 heavy (non-hydrogen) atoms. The molecule has 1 N–H and O–H groups in total. The first kappa shape index (κ1) is 16.5. The van der Waals surface area contributed by atoms with E-state index in [4.69, 9.17) is 0 Å². The first-order valence-electron chi connectivity index (χ1n) is 7.96. The van der Waals surface area contributed by atoms with Crippen molar-refractivity contribution in [1.82, 2.24) is 9.36 Å². The second-order valence-electron chi connectivity index (χ2n) is 5.67. The number of hydrogen-bond donors (Lipinski definition) is 1. The summed E-state index contributed by atoms with van der Waals surface area (Å²) >= 11 is 0. The van der Waals surface area contributed by atoms with E-state index in [1.54, 1.807) is 24.7 Å². The summed E-state index contributed by atoms with van der Waals surface area (Å²) in [7, 11) is 1.79. The molecule has 5 nitrogen and oxygen atoms in total. The van der Waals surface area contributed by atoms with Crippen LogP contribution in [0.4, 0.5) is 5.69 Å². The normalized spacial score (nSPS) is 11.0. The van der Waals surface area contributed by atoms with Crippen LogP contribution in [0.25, 0.3) is 11.8 Å². The molecular formula is C20H19N3O2. The number of benzene rings is 2.